The van der Waals surface area contributed by atoms with Crippen LogP contribution in [0.1, 0.15) is 26.0 Å². The summed E-state index contributed by atoms with van der Waals surface area (Å²) >= 11 is 1.36. The number of carbonyl (C=O) groups is 1. The smallest absolute Gasteiger partial charge is 0.239 e. The highest BCUT2D eigenvalue weighted by atomic mass is 32.1. The number of morpholine rings is 1. The molecular weight excluding hydrogens is 290 g/mol. The number of nitrogens with zero attached hydrogens (tertiary/aromatic N) is 3. The quantitative estimate of drug-likeness (QED) is 0.771. The Morgan fingerprint density at radius 3 is 3.14 bits per heavy atom. The number of hydrogen-bond donors (Lipinski definition) is 2. The molecule has 2 rings (SSSR count). The van der Waals surface area contributed by atoms with Crippen molar-refractivity contribution in [3.63, 3.8) is 0 Å². The molecule has 8 heteroatoms. The first kappa shape index (κ1) is 16.1. The van der Waals surface area contributed by atoms with Gasteiger partial charge < -0.3 is 15.4 Å². The van der Waals surface area contributed by atoms with Crippen LogP contribution in [-0.2, 0) is 16.1 Å². The van der Waals surface area contributed by atoms with E-state index < -0.39 is 0 Å². The number of anilines is 1. The number of ether oxygens (including phenoxy) is 1. The molecule has 0 bridgehead atoms. The van der Waals surface area contributed by atoms with Crippen LogP contribution in [0, 0.1) is 0 Å². The Hall–Kier alpha value is -1.25. The van der Waals surface area contributed by atoms with Gasteiger partial charge in [0.15, 0.2) is 0 Å². The summed E-state index contributed by atoms with van der Waals surface area (Å²) in [7, 11) is 0. The summed E-state index contributed by atoms with van der Waals surface area (Å²) in [5.74, 6) is 0.0322. The largest absolute Gasteiger partial charge is 0.378 e. The normalized spacial score (nSPS) is 19.4. The number of nitrogens with one attached hydrogen (secondary N) is 2. The van der Waals surface area contributed by atoms with Gasteiger partial charge in [-0.1, -0.05) is 11.4 Å². The van der Waals surface area contributed by atoms with E-state index in [2.05, 4.69) is 25.1 Å². The number of carbonyl (C=O) groups excluding carboxylic acids is 1. The lowest BCUT2D eigenvalue weighted by atomic mass is 10.2. The molecule has 0 aliphatic carbocycles. The molecule has 118 valence electrons. The molecule has 1 saturated heterocycles. The van der Waals surface area contributed by atoms with Crippen molar-refractivity contribution in [3.8, 4) is 0 Å². The molecule has 1 aliphatic rings. The number of aromatic nitrogens is 2. The van der Waals surface area contributed by atoms with Gasteiger partial charge in [0.1, 0.15) is 16.7 Å². The minimum atomic E-state index is -0.249. The molecule has 21 heavy (non-hydrogen) atoms. The van der Waals surface area contributed by atoms with E-state index in [0.29, 0.717) is 26.3 Å². The molecule has 2 heterocycles. The lowest BCUT2D eigenvalue weighted by molar-refractivity contribution is -0.133. The second-order valence-corrected chi connectivity index (χ2v) is 5.69. The Bertz CT molecular complexity index is 454. The zero-order valence-electron chi connectivity index (χ0n) is 12.6. The Morgan fingerprint density at radius 2 is 2.38 bits per heavy atom. The van der Waals surface area contributed by atoms with Crippen LogP contribution in [0.5, 0.6) is 0 Å². The van der Waals surface area contributed by atoms with Gasteiger partial charge in [0.2, 0.25) is 5.91 Å². The van der Waals surface area contributed by atoms with Crippen molar-refractivity contribution in [1.29, 1.82) is 0 Å². The molecule has 0 aromatic carbocycles. The topological polar surface area (TPSA) is 79.4 Å². The fourth-order valence-corrected chi connectivity index (χ4v) is 2.87. The van der Waals surface area contributed by atoms with Crippen molar-refractivity contribution in [1.82, 2.24) is 19.8 Å². The number of amides is 1. The number of hydrogen-bond acceptors (Lipinski definition) is 7. The van der Waals surface area contributed by atoms with Crippen LogP contribution >= 0.6 is 11.5 Å². The Balaban J connectivity index is 2.01. The summed E-state index contributed by atoms with van der Waals surface area (Å²) in [4.78, 5) is 14.3. The number of rotatable bonds is 7. The van der Waals surface area contributed by atoms with Crippen LogP contribution in [0.3, 0.4) is 0 Å². The molecule has 0 spiro atoms. The maximum Gasteiger partial charge on any atom is 0.239 e. The minimum absolute atomic E-state index is 0.0322. The predicted molar refractivity (Wildman–Crippen MR) is 82.4 cm³/mol. The molecule has 1 atom stereocenters. The van der Waals surface area contributed by atoms with Gasteiger partial charge in [-0.05, 0) is 13.3 Å². The van der Waals surface area contributed by atoms with Crippen molar-refractivity contribution in [2.24, 2.45) is 0 Å². The molecule has 0 saturated carbocycles. The summed E-state index contributed by atoms with van der Waals surface area (Å²) in [5.41, 5.74) is 0.900. The molecule has 1 aliphatic heterocycles. The van der Waals surface area contributed by atoms with Gasteiger partial charge in [0.25, 0.3) is 0 Å². The fourth-order valence-electron chi connectivity index (χ4n) is 2.23. The second kappa shape index (κ2) is 8.26. The highest BCUT2D eigenvalue weighted by Gasteiger charge is 2.30. The monoisotopic (exact) mass is 313 g/mol. The molecule has 1 amide bonds. The average Bonchev–Trinajstić information content (AvgIpc) is 2.93. The minimum Gasteiger partial charge on any atom is -0.378 e. The van der Waals surface area contributed by atoms with Gasteiger partial charge in [-0.2, -0.15) is 0 Å². The third-order valence-electron chi connectivity index (χ3n) is 3.34. The molecule has 0 radical (unpaired) electrons. The van der Waals surface area contributed by atoms with Gasteiger partial charge in [0, 0.05) is 37.7 Å². The zero-order valence-corrected chi connectivity index (χ0v) is 13.4. The third-order valence-corrected chi connectivity index (χ3v) is 4.06. The van der Waals surface area contributed by atoms with Crippen LogP contribution in [0.25, 0.3) is 0 Å². The van der Waals surface area contributed by atoms with E-state index in [0.717, 1.165) is 30.2 Å². The maximum absolute atomic E-state index is 12.2. The van der Waals surface area contributed by atoms with Crippen LogP contribution in [0.2, 0.25) is 0 Å². The Morgan fingerprint density at radius 1 is 1.52 bits per heavy atom. The Kier molecular flexibility index (Phi) is 6.34. The van der Waals surface area contributed by atoms with E-state index in [9.17, 15) is 4.79 Å². The van der Waals surface area contributed by atoms with Crippen molar-refractivity contribution in [3.05, 3.63) is 5.69 Å². The van der Waals surface area contributed by atoms with E-state index >= 15 is 0 Å². The molecular formula is C13H23N5O2S. The van der Waals surface area contributed by atoms with Gasteiger partial charge in [0.05, 0.1) is 13.2 Å². The highest BCUT2D eigenvalue weighted by molar-refractivity contribution is 7.10. The van der Waals surface area contributed by atoms with Crippen molar-refractivity contribution in [2.45, 2.75) is 32.9 Å². The summed E-state index contributed by atoms with van der Waals surface area (Å²) in [6.07, 6.45) is 0.930. The van der Waals surface area contributed by atoms with Crippen LogP contribution in [-0.4, -0.2) is 59.3 Å². The first-order valence-corrected chi connectivity index (χ1v) is 8.18. The molecule has 7 nitrogen and oxygen atoms in total. The lowest BCUT2D eigenvalue weighted by Crippen LogP contribution is -2.53. The van der Waals surface area contributed by atoms with Crippen LogP contribution in [0.15, 0.2) is 0 Å². The van der Waals surface area contributed by atoms with Gasteiger partial charge in [-0.25, -0.2) is 0 Å². The van der Waals surface area contributed by atoms with E-state index in [1.165, 1.54) is 11.5 Å². The zero-order chi connectivity index (χ0) is 15.1. The highest BCUT2D eigenvalue weighted by Crippen LogP contribution is 2.21. The molecule has 2 N–H and O–H groups in total. The lowest BCUT2D eigenvalue weighted by Gasteiger charge is -2.34. The van der Waals surface area contributed by atoms with Crippen molar-refractivity contribution in [2.75, 3.05) is 38.2 Å². The maximum atomic E-state index is 12.2. The summed E-state index contributed by atoms with van der Waals surface area (Å²) < 4.78 is 9.46. The third kappa shape index (κ3) is 4.36. The van der Waals surface area contributed by atoms with Crippen molar-refractivity contribution >= 4 is 22.4 Å². The summed E-state index contributed by atoms with van der Waals surface area (Å²) in [6.45, 7) is 8.04. The SMILES string of the molecule is CCCNC(=O)C1COCCN1Cc1nnsc1NCC. The van der Waals surface area contributed by atoms with Crippen LogP contribution < -0.4 is 10.6 Å². The second-order valence-electron chi connectivity index (χ2n) is 4.93. The van der Waals surface area contributed by atoms with E-state index in [-0.39, 0.29) is 11.9 Å². The van der Waals surface area contributed by atoms with E-state index in [1.807, 2.05) is 13.8 Å². The van der Waals surface area contributed by atoms with Crippen LogP contribution in [0.4, 0.5) is 5.00 Å². The molecule has 1 aromatic heterocycles. The molecule has 1 aromatic rings. The molecule has 1 unspecified atom stereocenters. The van der Waals surface area contributed by atoms with Gasteiger partial charge in [-0.15, -0.1) is 5.10 Å². The standard InChI is InChI=1S/C13H23N5O2S/c1-3-5-15-12(19)11-9-20-7-6-18(11)8-10-13(14-4-2)21-17-16-10/h11,14H,3-9H2,1-2H3,(H,15,19). The van der Waals surface area contributed by atoms with E-state index in [1.54, 1.807) is 0 Å². The first-order chi connectivity index (χ1) is 10.3. The first-order valence-electron chi connectivity index (χ1n) is 7.40. The summed E-state index contributed by atoms with van der Waals surface area (Å²) in [5, 5.41) is 11.4. The van der Waals surface area contributed by atoms with Crippen molar-refractivity contribution < 1.29 is 9.53 Å². The summed E-state index contributed by atoms with van der Waals surface area (Å²) in [6, 6.07) is -0.249. The average molecular weight is 313 g/mol. The predicted octanol–water partition coefficient (Wildman–Crippen LogP) is 0.697. The van der Waals surface area contributed by atoms with Gasteiger partial charge >= 0.3 is 0 Å². The van der Waals surface area contributed by atoms with Gasteiger partial charge in [-0.3, -0.25) is 9.69 Å². The van der Waals surface area contributed by atoms with E-state index in [4.69, 9.17) is 4.74 Å². The Labute approximate surface area is 129 Å². The molecule has 1 fully saturated rings. The fraction of sp³-hybridized carbons (Fsp3) is 0.769.